The van der Waals surface area contributed by atoms with Gasteiger partial charge >= 0.3 is 0 Å². The number of hydrogen-bond acceptors (Lipinski definition) is 3. The normalized spacial score (nSPS) is 16.1. The molecule has 2 heterocycles. The minimum atomic E-state index is 0.650. The third kappa shape index (κ3) is 1.35. The van der Waals surface area contributed by atoms with Gasteiger partial charge in [0, 0.05) is 10.8 Å². The Labute approximate surface area is 86.2 Å². The lowest BCUT2D eigenvalue weighted by Crippen LogP contribution is -1.80. The molecule has 3 nitrogen and oxygen atoms in total. The summed E-state index contributed by atoms with van der Waals surface area (Å²) in [5, 5.41) is 7.26. The van der Waals surface area contributed by atoms with E-state index in [1.807, 2.05) is 0 Å². The maximum atomic E-state index is 4.50. The third-order valence-electron chi connectivity index (χ3n) is 2.43. The number of nitrogens with zero attached hydrogens (tertiary/aromatic N) is 2. The number of rotatable bonds is 2. The summed E-state index contributed by atoms with van der Waals surface area (Å²) in [4.78, 5) is 6.96. The van der Waals surface area contributed by atoms with Gasteiger partial charge < -0.3 is 0 Å². The van der Waals surface area contributed by atoms with Crippen molar-refractivity contribution in [1.82, 2.24) is 15.2 Å². The smallest absolute Gasteiger partial charge is 0.191 e. The van der Waals surface area contributed by atoms with Crippen molar-refractivity contribution in [2.75, 3.05) is 0 Å². The summed E-state index contributed by atoms with van der Waals surface area (Å²) in [5.41, 5.74) is 0. The molecule has 1 aliphatic carbocycles. The highest BCUT2D eigenvalue weighted by Gasteiger charge is 2.27. The van der Waals surface area contributed by atoms with Crippen LogP contribution in [-0.4, -0.2) is 15.2 Å². The monoisotopic (exact) mass is 205 g/mol. The zero-order valence-electron chi connectivity index (χ0n) is 7.95. The van der Waals surface area contributed by atoms with Crippen molar-refractivity contribution in [2.24, 2.45) is 0 Å². The fraction of sp³-hybridized carbons (Fsp3) is 0.400. The van der Waals surface area contributed by atoms with Crippen molar-refractivity contribution in [3.8, 4) is 10.7 Å². The van der Waals surface area contributed by atoms with Crippen molar-refractivity contribution < 1.29 is 0 Å². The Kier molecular flexibility index (Phi) is 1.70. The number of aromatic amines is 1. The molecular formula is C10H11N3S. The lowest BCUT2D eigenvalue weighted by Gasteiger charge is -1.85. The molecule has 0 aromatic carbocycles. The van der Waals surface area contributed by atoms with Crippen LogP contribution in [0.2, 0.25) is 0 Å². The van der Waals surface area contributed by atoms with Crippen LogP contribution in [0.15, 0.2) is 12.1 Å². The molecule has 0 aliphatic heterocycles. The van der Waals surface area contributed by atoms with Crippen LogP contribution < -0.4 is 0 Å². The highest BCUT2D eigenvalue weighted by Crippen LogP contribution is 2.38. The molecule has 0 radical (unpaired) electrons. The zero-order chi connectivity index (χ0) is 9.54. The van der Waals surface area contributed by atoms with Gasteiger partial charge in [-0.15, -0.1) is 11.3 Å². The van der Waals surface area contributed by atoms with Crippen LogP contribution in [0.3, 0.4) is 0 Å². The zero-order valence-corrected chi connectivity index (χ0v) is 8.77. The number of H-pyrrole nitrogens is 1. The molecule has 0 amide bonds. The lowest BCUT2D eigenvalue weighted by molar-refractivity contribution is 0.935. The first-order chi connectivity index (χ1) is 6.83. The molecular weight excluding hydrogens is 194 g/mol. The Morgan fingerprint density at radius 1 is 1.43 bits per heavy atom. The van der Waals surface area contributed by atoms with Gasteiger partial charge in [-0.25, -0.2) is 4.98 Å². The van der Waals surface area contributed by atoms with E-state index in [1.165, 1.54) is 17.7 Å². The van der Waals surface area contributed by atoms with Gasteiger partial charge in [0.05, 0.1) is 4.88 Å². The molecule has 1 fully saturated rings. The van der Waals surface area contributed by atoms with E-state index in [9.17, 15) is 0 Å². The van der Waals surface area contributed by atoms with E-state index in [1.54, 1.807) is 11.3 Å². The van der Waals surface area contributed by atoms with Crippen LogP contribution in [-0.2, 0) is 0 Å². The van der Waals surface area contributed by atoms with Crippen LogP contribution in [0.25, 0.3) is 10.7 Å². The summed E-state index contributed by atoms with van der Waals surface area (Å²) in [6.45, 7) is 2.10. The first-order valence-corrected chi connectivity index (χ1v) is 5.64. The topological polar surface area (TPSA) is 41.6 Å². The fourth-order valence-electron chi connectivity index (χ4n) is 1.48. The van der Waals surface area contributed by atoms with E-state index in [4.69, 9.17) is 0 Å². The Morgan fingerprint density at radius 3 is 2.93 bits per heavy atom. The van der Waals surface area contributed by atoms with Gasteiger partial charge in [0.2, 0.25) is 0 Å². The summed E-state index contributed by atoms with van der Waals surface area (Å²) in [6.07, 6.45) is 2.52. The van der Waals surface area contributed by atoms with E-state index >= 15 is 0 Å². The molecule has 4 heteroatoms. The molecule has 2 aromatic rings. The summed E-state index contributed by atoms with van der Waals surface area (Å²) in [5.74, 6) is 2.56. The first-order valence-electron chi connectivity index (χ1n) is 4.82. The summed E-state index contributed by atoms with van der Waals surface area (Å²) in [7, 11) is 0. The third-order valence-corrected chi connectivity index (χ3v) is 3.42. The van der Waals surface area contributed by atoms with Crippen molar-refractivity contribution in [2.45, 2.75) is 25.7 Å². The average Bonchev–Trinajstić information content (AvgIpc) is 2.76. The Hall–Kier alpha value is -1.16. The standard InChI is InChI=1S/C10H11N3S/c1-6-2-5-8(14-6)10-11-9(12-13-10)7-3-4-7/h2,5,7H,3-4H2,1H3,(H,11,12,13). The molecule has 0 bridgehead atoms. The fourth-order valence-corrected chi connectivity index (χ4v) is 2.28. The maximum Gasteiger partial charge on any atom is 0.191 e. The van der Waals surface area contributed by atoms with Crippen LogP contribution in [0.4, 0.5) is 0 Å². The maximum absolute atomic E-state index is 4.50. The number of thiophene rings is 1. The van der Waals surface area contributed by atoms with Gasteiger partial charge in [0.25, 0.3) is 0 Å². The molecule has 1 N–H and O–H groups in total. The SMILES string of the molecule is Cc1ccc(-c2n[nH]c(C3CC3)n2)s1. The number of aromatic nitrogens is 3. The van der Waals surface area contributed by atoms with Gasteiger partial charge in [-0.2, -0.15) is 5.10 Å². The first kappa shape index (κ1) is 8.17. The van der Waals surface area contributed by atoms with E-state index in [0.717, 1.165) is 16.5 Å². The van der Waals surface area contributed by atoms with Crippen molar-refractivity contribution >= 4 is 11.3 Å². The predicted octanol–water partition coefficient (Wildman–Crippen LogP) is 2.72. The second-order valence-electron chi connectivity index (χ2n) is 3.73. The Bertz CT molecular complexity index is 453. The molecule has 2 aromatic heterocycles. The summed E-state index contributed by atoms with van der Waals surface area (Å²) in [6, 6.07) is 4.19. The minimum Gasteiger partial charge on any atom is -0.262 e. The highest BCUT2D eigenvalue weighted by molar-refractivity contribution is 7.15. The number of aryl methyl sites for hydroxylation is 1. The molecule has 0 saturated heterocycles. The van der Waals surface area contributed by atoms with Crippen LogP contribution in [0, 0.1) is 6.92 Å². The molecule has 0 atom stereocenters. The van der Waals surface area contributed by atoms with Gasteiger partial charge in [0.15, 0.2) is 5.82 Å². The second kappa shape index (κ2) is 2.92. The number of nitrogens with one attached hydrogen (secondary N) is 1. The largest absolute Gasteiger partial charge is 0.262 e. The van der Waals surface area contributed by atoms with E-state index in [-0.39, 0.29) is 0 Å². The van der Waals surface area contributed by atoms with E-state index in [2.05, 4.69) is 34.2 Å². The van der Waals surface area contributed by atoms with Crippen molar-refractivity contribution in [3.63, 3.8) is 0 Å². The van der Waals surface area contributed by atoms with E-state index in [0.29, 0.717) is 5.92 Å². The van der Waals surface area contributed by atoms with E-state index < -0.39 is 0 Å². The van der Waals surface area contributed by atoms with Crippen LogP contribution in [0.5, 0.6) is 0 Å². The summed E-state index contributed by atoms with van der Waals surface area (Å²) < 4.78 is 0. The van der Waals surface area contributed by atoms with Crippen LogP contribution >= 0.6 is 11.3 Å². The Balaban J connectivity index is 1.95. The van der Waals surface area contributed by atoms with Gasteiger partial charge in [-0.05, 0) is 31.9 Å². The van der Waals surface area contributed by atoms with Crippen LogP contribution in [0.1, 0.15) is 29.5 Å². The minimum absolute atomic E-state index is 0.650. The van der Waals surface area contributed by atoms with Gasteiger partial charge in [-0.3, -0.25) is 5.10 Å². The molecule has 1 saturated carbocycles. The molecule has 1 aliphatic rings. The lowest BCUT2D eigenvalue weighted by atomic mass is 10.4. The Morgan fingerprint density at radius 2 is 2.29 bits per heavy atom. The van der Waals surface area contributed by atoms with Crippen molar-refractivity contribution in [3.05, 3.63) is 22.8 Å². The molecule has 3 rings (SSSR count). The predicted molar refractivity (Wildman–Crippen MR) is 56.4 cm³/mol. The van der Waals surface area contributed by atoms with Crippen molar-refractivity contribution in [1.29, 1.82) is 0 Å². The average molecular weight is 205 g/mol. The van der Waals surface area contributed by atoms with Gasteiger partial charge in [0.1, 0.15) is 5.82 Å². The quantitative estimate of drug-likeness (QED) is 0.819. The highest BCUT2D eigenvalue weighted by atomic mass is 32.1. The number of hydrogen-bond donors (Lipinski definition) is 1. The molecule has 0 unspecified atom stereocenters. The van der Waals surface area contributed by atoms with Gasteiger partial charge in [-0.1, -0.05) is 0 Å². The summed E-state index contributed by atoms with van der Waals surface area (Å²) >= 11 is 1.74. The molecule has 0 spiro atoms. The molecule has 14 heavy (non-hydrogen) atoms. The molecule has 72 valence electrons. The second-order valence-corrected chi connectivity index (χ2v) is 5.02.